The molecule has 0 bridgehead atoms. The quantitative estimate of drug-likeness (QED) is 0.804. The summed E-state index contributed by atoms with van der Waals surface area (Å²) in [6.07, 6.45) is 3.03. The molecule has 0 aliphatic carbocycles. The van der Waals surface area contributed by atoms with Crippen molar-refractivity contribution in [2.45, 2.75) is 45.3 Å². The van der Waals surface area contributed by atoms with E-state index in [9.17, 15) is 0 Å². The lowest BCUT2D eigenvalue weighted by atomic mass is 10.1. The van der Waals surface area contributed by atoms with Crippen molar-refractivity contribution in [3.63, 3.8) is 0 Å². The van der Waals surface area contributed by atoms with Gasteiger partial charge < -0.3 is 5.32 Å². The van der Waals surface area contributed by atoms with Gasteiger partial charge in [0.15, 0.2) is 5.82 Å². The Hall–Kier alpha value is -1.79. The van der Waals surface area contributed by atoms with Gasteiger partial charge in [0.25, 0.3) is 0 Å². The summed E-state index contributed by atoms with van der Waals surface area (Å²) in [6, 6.07) is 8.76. The molecule has 0 amide bonds. The molecule has 1 aliphatic heterocycles. The van der Waals surface area contributed by atoms with E-state index in [-0.39, 0.29) is 0 Å². The summed E-state index contributed by atoms with van der Waals surface area (Å²) in [4.78, 5) is 9.24. The lowest BCUT2D eigenvalue weighted by molar-refractivity contribution is 0.357. The van der Waals surface area contributed by atoms with Gasteiger partial charge in [-0.3, -0.25) is 0 Å². The molecule has 1 aromatic carbocycles. The van der Waals surface area contributed by atoms with Gasteiger partial charge in [0.05, 0.1) is 16.8 Å². The SMILES string of the molecule is CCc1nc2n(n1)C[C@@H](NCc1nc3ccccc3s1)CC2. The Morgan fingerprint density at radius 3 is 3.09 bits per heavy atom. The summed E-state index contributed by atoms with van der Waals surface area (Å²) in [5, 5.41) is 9.34. The highest BCUT2D eigenvalue weighted by atomic mass is 32.1. The molecule has 6 heteroatoms. The van der Waals surface area contributed by atoms with E-state index in [1.54, 1.807) is 11.3 Å². The number of fused-ring (bicyclic) bond motifs is 2. The van der Waals surface area contributed by atoms with E-state index in [4.69, 9.17) is 0 Å². The number of hydrogen-bond donors (Lipinski definition) is 1. The first-order chi connectivity index (χ1) is 10.8. The van der Waals surface area contributed by atoms with Crippen molar-refractivity contribution >= 4 is 21.6 Å². The zero-order chi connectivity index (χ0) is 14.9. The first-order valence-corrected chi connectivity index (χ1v) is 8.64. The van der Waals surface area contributed by atoms with E-state index < -0.39 is 0 Å². The zero-order valence-corrected chi connectivity index (χ0v) is 13.4. The Labute approximate surface area is 133 Å². The van der Waals surface area contributed by atoms with Crippen molar-refractivity contribution in [2.75, 3.05) is 0 Å². The number of aryl methyl sites for hydroxylation is 2. The number of rotatable bonds is 4. The first kappa shape index (κ1) is 13.8. The summed E-state index contributed by atoms with van der Waals surface area (Å²) in [5.74, 6) is 2.09. The van der Waals surface area contributed by atoms with Gasteiger partial charge >= 0.3 is 0 Å². The van der Waals surface area contributed by atoms with Crippen LogP contribution in [-0.2, 0) is 25.9 Å². The second-order valence-electron chi connectivity index (χ2n) is 5.67. The molecule has 4 rings (SSSR count). The van der Waals surface area contributed by atoms with E-state index in [0.717, 1.165) is 54.5 Å². The van der Waals surface area contributed by atoms with Crippen LogP contribution in [0.2, 0.25) is 0 Å². The molecule has 2 aromatic heterocycles. The van der Waals surface area contributed by atoms with E-state index in [1.165, 1.54) is 4.70 Å². The Kier molecular flexibility index (Phi) is 3.63. The Morgan fingerprint density at radius 2 is 2.23 bits per heavy atom. The molecule has 1 atom stereocenters. The molecule has 0 spiro atoms. The van der Waals surface area contributed by atoms with Crippen LogP contribution < -0.4 is 5.32 Å². The molecule has 22 heavy (non-hydrogen) atoms. The Balaban J connectivity index is 1.42. The van der Waals surface area contributed by atoms with Gasteiger partial charge in [0.2, 0.25) is 0 Å². The number of para-hydroxylation sites is 1. The third-order valence-electron chi connectivity index (χ3n) is 4.10. The molecular formula is C16H19N5S. The monoisotopic (exact) mass is 313 g/mol. The summed E-state index contributed by atoms with van der Waals surface area (Å²) in [7, 11) is 0. The van der Waals surface area contributed by atoms with E-state index in [1.807, 2.05) is 6.07 Å². The highest BCUT2D eigenvalue weighted by Crippen LogP contribution is 2.22. The molecule has 0 unspecified atom stereocenters. The summed E-state index contributed by atoms with van der Waals surface area (Å²) < 4.78 is 3.33. The van der Waals surface area contributed by atoms with Gasteiger partial charge in [-0.05, 0) is 18.6 Å². The minimum atomic E-state index is 0.450. The van der Waals surface area contributed by atoms with Crippen molar-refractivity contribution in [1.82, 2.24) is 25.1 Å². The Morgan fingerprint density at radius 1 is 1.32 bits per heavy atom. The molecule has 0 saturated carbocycles. The number of aromatic nitrogens is 4. The molecule has 0 radical (unpaired) electrons. The van der Waals surface area contributed by atoms with Crippen LogP contribution in [0.5, 0.6) is 0 Å². The predicted molar refractivity (Wildman–Crippen MR) is 88.0 cm³/mol. The average molecular weight is 313 g/mol. The number of thiazole rings is 1. The second kappa shape index (κ2) is 5.78. The van der Waals surface area contributed by atoms with Crippen LogP contribution in [0.15, 0.2) is 24.3 Å². The molecule has 5 nitrogen and oxygen atoms in total. The summed E-state index contributed by atoms with van der Waals surface area (Å²) in [5.41, 5.74) is 1.10. The van der Waals surface area contributed by atoms with Crippen LogP contribution in [0.3, 0.4) is 0 Å². The standard InChI is InChI=1S/C16H19N5S/c1-2-14-19-15-8-7-11(10-21(15)20-14)17-9-16-18-12-5-3-4-6-13(12)22-16/h3-6,11,17H,2,7-10H2,1H3/t11-/m0/s1. The van der Waals surface area contributed by atoms with Crippen LogP contribution in [0.1, 0.15) is 30.0 Å². The van der Waals surface area contributed by atoms with Gasteiger partial charge in [-0.1, -0.05) is 19.1 Å². The highest BCUT2D eigenvalue weighted by Gasteiger charge is 2.21. The normalized spacial score (nSPS) is 17.8. The number of benzene rings is 1. The predicted octanol–water partition coefficient (Wildman–Crippen LogP) is 2.55. The fourth-order valence-corrected chi connectivity index (χ4v) is 3.82. The maximum Gasteiger partial charge on any atom is 0.150 e. The fourth-order valence-electron chi connectivity index (χ4n) is 2.90. The smallest absolute Gasteiger partial charge is 0.150 e. The van der Waals surface area contributed by atoms with Gasteiger partial charge in [0, 0.05) is 25.4 Å². The van der Waals surface area contributed by atoms with Crippen LogP contribution in [0, 0.1) is 0 Å². The lowest BCUT2D eigenvalue weighted by Gasteiger charge is -2.23. The van der Waals surface area contributed by atoms with E-state index in [2.05, 4.69) is 50.2 Å². The fraction of sp³-hybridized carbons (Fsp3) is 0.438. The minimum absolute atomic E-state index is 0.450. The average Bonchev–Trinajstić information content (AvgIpc) is 3.15. The molecule has 3 heterocycles. The van der Waals surface area contributed by atoms with Crippen molar-refractivity contribution in [1.29, 1.82) is 0 Å². The van der Waals surface area contributed by atoms with Crippen molar-refractivity contribution < 1.29 is 0 Å². The van der Waals surface area contributed by atoms with Gasteiger partial charge in [-0.2, -0.15) is 5.10 Å². The zero-order valence-electron chi connectivity index (χ0n) is 12.6. The molecule has 0 fully saturated rings. The largest absolute Gasteiger partial charge is 0.306 e. The maximum absolute atomic E-state index is 4.68. The number of nitrogens with one attached hydrogen (secondary N) is 1. The summed E-state index contributed by atoms with van der Waals surface area (Å²) >= 11 is 1.77. The molecule has 114 valence electrons. The maximum atomic E-state index is 4.68. The van der Waals surface area contributed by atoms with Gasteiger partial charge in [0.1, 0.15) is 10.8 Å². The third kappa shape index (κ3) is 2.64. The number of hydrogen-bond acceptors (Lipinski definition) is 5. The molecule has 3 aromatic rings. The third-order valence-corrected chi connectivity index (χ3v) is 5.13. The van der Waals surface area contributed by atoms with Crippen LogP contribution in [0.4, 0.5) is 0 Å². The van der Waals surface area contributed by atoms with Crippen molar-refractivity contribution in [3.05, 3.63) is 40.9 Å². The minimum Gasteiger partial charge on any atom is -0.306 e. The van der Waals surface area contributed by atoms with E-state index >= 15 is 0 Å². The Bertz CT molecular complexity index is 758. The topological polar surface area (TPSA) is 55.6 Å². The van der Waals surface area contributed by atoms with Gasteiger partial charge in [-0.15, -0.1) is 11.3 Å². The van der Waals surface area contributed by atoms with Crippen molar-refractivity contribution in [3.8, 4) is 0 Å². The number of nitrogens with zero attached hydrogens (tertiary/aromatic N) is 4. The van der Waals surface area contributed by atoms with Crippen LogP contribution in [0.25, 0.3) is 10.2 Å². The highest BCUT2D eigenvalue weighted by molar-refractivity contribution is 7.18. The molecule has 0 saturated heterocycles. The van der Waals surface area contributed by atoms with Crippen molar-refractivity contribution in [2.24, 2.45) is 0 Å². The van der Waals surface area contributed by atoms with Gasteiger partial charge in [-0.25, -0.2) is 14.6 Å². The molecule has 1 N–H and O–H groups in total. The second-order valence-corrected chi connectivity index (χ2v) is 6.79. The lowest BCUT2D eigenvalue weighted by Crippen LogP contribution is -2.37. The van der Waals surface area contributed by atoms with Crippen LogP contribution >= 0.6 is 11.3 Å². The first-order valence-electron chi connectivity index (χ1n) is 7.82. The summed E-state index contributed by atoms with van der Waals surface area (Å²) in [6.45, 7) is 3.84. The molecule has 1 aliphatic rings. The molecular weight excluding hydrogens is 294 g/mol. The van der Waals surface area contributed by atoms with E-state index in [0.29, 0.717) is 6.04 Å². The van der Waals surface area contributed by atoms with Crippen LogP contribution in [-0.4, -0.2) is 25.8 Å².